The molecule has 0 bridgehead atoms. The topological polar surface area (TPSA) is 29.5 Å². The fourth-order valence-corrected chi connectivity index (χ4v) is 2.41. The first-order valence-corrected chi connectivity index (χ1v) is 7.46. The average Bonchev–Trinajstić information content (AvgIpc) is 2.42. The molecule has 2 aromatic carbocycles. The molecule has 112 valence electrons. The van der Waals surface area contributed by atoms with Crippen molar-refractivity contribution in [3.63, 3.8) is 0 Å². The van der Waals surface area contributed by atoms with Gasteiger partial charge in [0.2, 0.25) is 0 Å². The predicted octanol–water partition coefficient (Wildman–Crippen LogP) is 4.37. The normalized spacial score (nSPS) is 12.5. The van der Waals surface area contributed by atoms with Crippen LogP contribution in [-0.4, -0.2) is 11.2 Å². The second-order valence-corrected chi connectivity index (χ2v) is 5.89. The Morgan fingerprint density at radius 1 is 1.05 bits per heavy atom. The number of ether oxygens (including phenoxy) is 1. The standard InChI is InChI=1S/C19H24O2/c1-13(2)21-18-7-5-6-16(11-18)19(20)12-17-10-14(3)8-9-15(17)4/h5-11,13,19-20H,12H2,1-4H3. The van der Waals surface area contributed by atoms with E-state index in [1.807, 2.05) is 38.1 Å². The summed E-state index contributed by atoms with van der Waals surface area (Å²) in [4.78, 5) is 0. The lowest BCUT2D eigenvalue weighted by molar-refractivity contribution is 0.177. The highest BCUT2D eigenvalue weighted by Gasteiger charge is 2.11. The van der Waals surface area contributed by atoms with Gasteiger partial charge in [-0.1, -0.05) is 35.9 Å². The van der Waals surface area contributed by atoms with Crippen LogP contribution >= 0.6 is 0 Å². The van der Waals surface area contributed by atoms with E-state index in [0.29, 0.717) is 6.42 Å². The van der Waals surface area contributed by atoms with Gasteiger partial charge in [-0.05, 0) is 56.5 Å². The molecule has 1 N–H and O–H groups in total. The zero-order valence-corrected chi connectivity index (χ0v) is 13.3. The van der Waals surface area contributed by atoms with Crippen LogP contribution in [0.4, 0.5) is 0 Å². The summed E-state index contributed by atoms with van der Waals surface area (Å²) in [7, 11) is 0. The second kappa shape index (κ2) is 6.77. The number of aryl methyl sites for hydroxylation is 2. The van der Waals surface area contributed by atoms with Crippen molar-refractivity contribution < 1.29 is 9.84 Å². The third-order valence-electron chi connectivity index (χ3n) is 3.53. The molecule has 1 atom stereocenters. The largest absolute Gasteiger partial charge is 0.491 e. The molecular formula is C19H24O2. The molecule has 1 unspecified atom stereocenters. The monoisotopic (exact) mass is 284 g/mol. The lowest BCUT2D eigenvalue weighted by Crippen LogP contribution is -2.07. The maximum absolute atomic E-state index is 10.5. The SMILES string of the molecule is Cc1ccc(C)c(CC(O)c2cccc(OC(C)C)c2)c1. The molecule has 0 heterocycles. The summed E-state index contributed by atoms with van der Waals surface area (Å²) < 4.78 is 5.69. The highest BCUT2D eigenvalue weighted by molar-refractivity contribution is 5.34. The van der Waals surface area contributed by atoms with Crippen molar-refractivity contribution in [3.05, 3.63) is 64.7 Å². The van der Waals surface area contributed by atoms with Gasteiger partial charge in [-0.2, -0.15) is 0 Å². The maximum atomic E-state index is 10.5. The lowest BCUT2D eigenvalue weighted by Gasteiger charge is -2.16. The number of hydrogen-bond donors (Lipinski definition) is 1. The molecule has 0 radical (unpaired) electrons. The molecule has 2 rings (SSSR count). The van der Waals surface area contributed by atoms with Gasteiger partial charge in [-0.25, -0.2) is 0 Å². The summed E-state index contributed by atoms with van der Waals surface area (Å²) in [5.41, 5.74) is 4.53. The first kappa shape index (κ1) is 15.6. The van der Waals surface area contributed by atoms with Crippen molar-refractivity contribution >= 4 is 0 Å². The van der Waals surface area contributed by atoms with E-state index >= 15 is 0 Å². The van der Waals surface area contributed by atoms with Crippen LogP contribution in [0, 0.1) is 13.8 Å². The Morgan fingerprint density at radius 3 is 2.52 bits per heavy atom. The van der Waals surface area contributed by atoms with Gasteiger partial charge < -0.3 is 9.84 Å². The molecule has 0 aromatic heterocycles. The van der Waals surface area contributed by atoms with Crippen LogP contribution in [0.25, 0.3) is 0 Å². The molecule has 2 nitrogen and oxygen atoms in total. The van der Waals surface area contributed by atoms with Crippen molar-refractivity contribution in [2.45, 2.75) is 46.3 Å². The Morgan fingerprint density at radius 2 is 1.81 bits per heavy atom. The first-order chi connectivity index (χ1) is 9.95. The van der Waals surface area contributed by atoms with Gasteiger partial charge in [0.05, 0.1) is 12.2 Å². The van der Waals surface area contributed by atoms with E-state index in [1.54, 1.807) is 0 Å². The minimum atomic E-state index is -0.513. The van der Waals surface area contributed by atoms with Crippen LogP contribution in [-0.2, 0) is 6.42 Å². The Labute approximate surface area is 127 Å². The van der Waals surface area contributed by atoms with Gasteiger partial charge in [0.1, 0.15) is 5.75 Å². The molecule has 0 aliphatic carbocycles. The predicted molar refractivity (Wildman–Crippen MR) is 86.8 cm³/mol. The van der Waals surface area contributed by atoms with Crippen molar-refractivity contribution in [3.8, 4) is 5.75 Å². The van der Waals surface area contributed by atoms with E-state index in [1.165, 1.54) is 16.7 Å². The molecule has 0 saturated carbocycles. The molecule has 21 heavy (non-hydrogen) atoms. The van der Waals surface area contributed by atoms with Crippen LogP contribution in [0.1, 0.15) is 42.2 Å². The van der Waals surface area contributed by atoms with Crippen LogP contribution in [0.15, 0.2) is 42.5 Å². The Balaban J connectivity index is 2.16. The molecule has 2 heteroatoms. The highest BCUT2D eigenvalue weighted by atomic mass is 16.5. The van der Waals surface area contributed by atoms with Crippen molar-refractivity contribution in [2.24, 2.45) is 0 Å². The van der Waals surface area contributed by atoms with E-state index in [-0.39, 0.29) is 6.10 Å². The zero-order valence-electron chi connectivity index (χ0n) is 13.3. The maximum Gasteiger partial charge on any atom is 0.120 e. The molecule has 0 spiro atoms. The van der Waals surface area contributed by atoms with Crippen molar-refractivity contribution in [1.82, 2.24) is 0 Å². The van der Waals surface area contributed by atoms with Crippen LogP contribution in [0.2, 0.25) is 0 Å². The summed E-state index contributed by atoms with van der Waals surface area (Å²) in [6.07, 6.45) is 0.246. The van der Waals surface area contributed by atoms with E-state index in [2.05, 4.69) is 32.0 Å². The molecule has 2 aromatic rings. The average molecular weight is 284 g/mol. The number of hydrogen-bond acceptors (Lipinski definition) is 2. The van der Waals surface area contributed by atoms with E-state index in [4.69, 9.17) is 4.74 Å². The van der Waals surface area contributed by atoms with E-state index in [0.717, 1.165) is 11.3 Å². The quantitative estimate of drug-likeness (QED) is 0.883. The molecule has 0 saturated heterocycles. The Bertz CT molecular complexity index is 602. The molecule has 0 aliphatic rings. The van der Waals surface area contributed by atoms with Gasteiger partial charge in [-0.15, -0.1) is 0 Å². The van der Waals surface area contributed by atoms with Crippen LogP contribution in [0.3, 0.4) is 0 Å². The third-order valence-corrected chi connectivity index (χ3v) is 3.53. The van der Waals surface area contributed by atoms with Crippen molar-refractivity contribution in [1.29, 1.82) is 0 Å². The third kappa shape index (κ3) is 4.33. The fourth-order valence-electron chi connectivity index (χ4n) is 2.41. The van der Waals surface area contributed by atoms with Crippen molar-refractivity contribution in [2.75, 3.05) is 0 Å². The van der Waals surface area contributed by atoms with Crippen LogP contribution in [0.5, 0.6) is 5.75 Å². The fraction of sp³-hybridized carbons (Fsp3) is 0.368. The highest BCUT2D eigenvalue weighted by Crippen LogP contribution is 2.24. The minimum Gasteiger partial charge on any atom is -0.491 e. The summed E-state index contributed by atoms with van der Waals surface area (Å²) in [6, 6.07) is 14.1. The zero-order chi connectivity index (χ0) is 15.4. The molecular weight excluding hydrogens is 260 g/mol. The minimum absolute atomic E-state index is 0.136. The smallest absolute Gasteiger partial charge is 0.120 e. The van der Waals surface area contributed by atoms with Gasteiger partial charge in [0, 0.05) is 6.42 Å². The summed E-state index contributed by atoms with van der Waals surface area (Å²) in [6.45, 7) is 8.16. The summed E-state index contributed by atoms with van der Waals surface area (Å²) in [5.74, 6) is 0.808. The van der Waals surface area contributed by atoms with E-state index < -0.39 is 6.10 Å². The van der Waals surface area contributed by atoms with Gasteiger partial charge in [0.25, 0.3) is 0 Å². The summed E-state index contributed by atoms with van der Waals surface area (Å²) in [5, 5.41) is 10.5. The Hall–Kier alpha value is -1.80. The number of benzene rings is 2. The van der Waals surface area contributed by atoms with Crippen LogP contribution < -0.4 is 4.74 Å². The second-order valence-electron chi connectivity index (χ2n) is 5.89. The number of aliphatic hydroxyl groups excluding tert-OH is 1. The Kier molecular flexibility index (Phi) is 5.03. The number of aliphatic hydroxyl groups is 1. The van der Waals surface area contributed by atoms with Gasteiger partial charge in [-0.3, -0.25) is 0 Å². The van der Waals surface area contributed by atoms with Gasteiger partial charge >= 0.3 is 0 Å². The van der Waals surface area contributed by atoms with E-state index in [9.17, 15) is 5.11 Å². The first-order valence-electron chi connectivity index (χ1n) is 7.46. The molecule has 0 aliphatic heterocycles. The summed E-state index contributed by atoms with van der Waals surface area (Å²) >= 11 is 0. The molecule has 0 amide bonds. The lowest BCUT2D eigenvalue weighted by atomic mass is 9.96. The molecule has 0 fully saturated rings. The number of rotatable bonds is 5. The van der Waals surface area contributed by atoms with Gasteiger partial charge in [0.15, 0.2) is 0 Å².